The van der Waals surface area contributed by atoms with E-state index in [1.165, 1.54) is 120 Å². The van der Waals surface area contributed by atoms with Crippen LogP contribution in [-0.4, -0.2) is 0 Å². The van der Waals surface area contributed by atoms with E-state index < -0.39 is 0 Å². The maximum atomic E-state index is 2.50. The van der Waals surface area contributed by atoms with Gasteiger partial charge >= 0.3 is 0 Å². The van der Waals surface area contributed by atoms with Gasteiger partial charge in [-0.1, -0.05) is 224 Å². The summed E-state index contributed by atoms with van der Waals surface area (Å²) in [5, 5.41) is 19.5. The Hall–Kier alpha value is -10.3. The highest BCUT2D eigenvalue weighted by Gasteiger charge is 2.27. The van der Waals surface area contributed by atoms with Crippen LogP contribution in [-0.2, 0) is 0 Å². The number of hydrogen-bond acceptors (Lipinski definition) is 2. The second-order valence-electron chi connectivity index (χ2n) is 22.5. The number of rotatable bonds is 8. The van der Waals surface area contributed by atoms with Crippen molar-refractivity contribution in [3.05, 3.63) is 308 Å². The maximum Gasteiger partial charge on any atom is 0.0470 e. The molecule has 0 aliphatic heterocycles. The first kappa shape index (κ1) is 47.7. The van der Waals surface area contributed by atoms with Crippen LogP contribution in [0.4, 0.5) is 28.4 Å². The second-order valence-corrected chi connectivity index (χ2v) is 22.5. The standard InChI is InChI=1S/C80H56N2/c1-51-30-39-68-52(2)43-67(47-61(68)42-51)82(64-36-33-55-18-5-8-22-59(55)46-64)66-38-40-74-78(50-66)80(76-48-60-23-10-12-26-70(60)71-27-13-14-28-72(71)76)75-41-37-65(49-77(75)79(74)73-29-15-24-56-19-9-11-25-69(56)73)81(62-34-31-53-16-3-6-20-57(53)44-62)63-35-32-54-17-4-7-21-58(54)45-63/h3-50,53,57H,1-2H3. The van der Waals surface area contributed by atoms with Gasteiger partial charge in [0.2, 0.25) is 0 Å². The summed E-state index contributed by atoms with van der Waals surface area (Å²) in [5.74, 6) is 0.575. The van der Waals surface area contributed by atoms with Crippen molar-refractivity contribution in [3.63, 3.8) is 0 Å². The third-order valence-corrected chi connectivity index (χ3v) is 17.6. The first-order valence-electron chi connectivity index (χ1n) is 28.7. The zero-order chi connectivity index (χ0) is 54.4. The summed E-state index contributed by atoms with van der Waals surface area (Å²) in [6.45, 7) is 4.44. The fraction of sp³-hybridized carbons (Fsp3) is 0.0500. The molecule has 2 aliphatic carbocycles. The number of benzene rings is 14. The lowest BCUT2D eigenvalue weighted by atomic mass is 9.82. The fourth-order valence-corrected chi connectivity index (χ4v) is 13.7. The quantitative estimate of drug-likeness (QED) is 0.111. The van der Waals surface area contributed by atoms with Gasteiger partial charge in [-0.2, -0.15) is 0 Å². The molecule has 0 amide bonds. The molecule has 0 N–H and O–H groups in total. The van der Waals surface area contributed by atoms with Crippen LogP contribution in [0.2, 0.25) is 0 Å². The molecule has 2 aliphatic rings. The minimum atomic E-state index is 0.252. The van der Waals surface area contributed by atoms with Gasteiger partial charge in [-0.05, 0) is 201 Å². The van der Waals surface area contributed by atoms with Crippen molar-refractivity contribution in [2.24, 2.45) is 11.8 Å². The van der Waals surface area contributed by atoms with Gasteiger partial charge in [0.1, 0.15) is 0 Å². The van der Waals surface area contributed by atoms with Crippen molar-refractivity contribution in [1.29, 1.82) is 0 Å². The summed E-state index contributed by atoms with van der Waals surface area (Å²) in [6.07, 6.45) is 16.2. The number of allylic oxidation sites excluding steroid dienone is 7. The van der Waals surface area contributed by atoms with Gasteiger partial charge in [-0.15, -0.1) is 0 Å². The molecule has 0 heterocycles. The summed E-state index contributed by atoms with van der Waals surface area (Å²) in [7, 11) is 0. The summed E-state index contributed by atoms with van der Waals surface area (Å²) in [4.78, 5) is 4.98. The van der Waals surface area contributed by atoms with Gasteiger partial charge in [-0.3, -0.25) is 0 Å². The molecule has 2 atom stereocenters. The van der Waals surface area contributed by atoms with Crippen molar-refractivity contribution in [1.82, 2.24) is 0 Å². The van der Waals surface area contributed by atoms with E-state index in [0.29, 0.717) is 5.92 Å². The highest BCUT2D eigenvalue weighted by atomic mass is 15.2. The van der Waals surface area contributed by atoms with Gasteiger partial charge in [0.05, 0.1) is 0 Å². The maximum absolute atomic E-state index is 2.50. The number of nitrogens with zero attached hydrogens (tertiary/aromatic N) is 2. The van der Waals surface area contributed by atoms with E-state index in [1.807, 2.05) is 0 Å². The summed E-state index contributed by atoms with van der Waals surface area (Å²) >= 11 is 0. The topological polar surface area (TPSA) is 6.48 Å². The van der Waals surface area contributed by atoms with Gasteiger partial charge in [-0.25, -0.2) is 0 Å². The third kappa shape index (κ3) is 7.93. The van der Waals surface area contributed by atoms with Gasteiger partial charge < -0.3 is 9.80 Å². The van der Waals surface area contributed by atoms with Crippen LogP contribution < -0.4 is 9.80 Å². The van der Waals surface area contributed by atoms with Crippen LogP contribution in [0.5, 0.6) is 0 Å². The van der Waals surface area contributed by atoms with Gasteiger partial charge in [0.25, 0.3) is 0 Å². The molecule has 0 saturated carbocycles. The van der Waals surface area contributed by atoms with E-state index in [0.717, 1.165) is 34.1 Å². The van der Waals surface area contributed by atoms with E-state index in [9.17, 15) is 0 Å². The molecule has 0 spiro atoms. The minimum absolute atomic E-state index is 0.252. The average Bonchev–Trinajstić information content (AvgIpc) is 2.29. The molecule has 2 heteroatoms. The molecule has 0 saturated heterocycles. The van der Waals surface area contributed by atoms with E-state index in [1.54, 1.807) is 0 Å². The molecule has 2 unspecified atom stereocenters. The first-order chi connectivity index (χ1) is 40.5. The van der Waals surface area contributed by atoms with E-state index in [-0.39, 0.29) is 5.92 Å². The van der Waals surface area contributed by atoms with Crippen LogP contribution >= 0.6 is 0 Å². The molecular formula is C80H56N2. The van der Waals surface area contributed by atoms with E-state index in [4.69, 9.17) is 0 Å². The number of fused-ring (bicyclic) bond motifs is 10. The molecule has 0 bridgehead atoms. The molecule has 2 nitrogen and oxygen atoms in total. The Morgan fingerprint density at radius 3 is 1.52 bits per heavy atom. The predicted molar refractivity (Wildman–Crippen MR) is 353 cm³/mol. The summed E-state index contributed by atoms with van der Waals surface area (Å²) in [6, 6.07) is 93.6. The van der Waals surface area contributed by atoms with E-state index >= 15 is 0 Å². The minimum Gasteiger partial charge on any atom is -0.311 e. The van der Waals surface area contributed by atoms with E-state index in [2.05, 4.69) is 315 Å². The molecule has 16 rings (SSSR count). The Morgan fingerprint density at radius 1 is 0.280 bits per heavy atom. The number of anilines is 5. The summed E-state index contributed by atoms with van der Waals surface area (Å²) in [5.41, 5.74) is 14.0. The van der Waals surface area contributed by atoms with Crippen LogP contribution in [0.1, 0.15) is 11.1 Å². The molecule has 82 heavy (non-hydrogen) atoms. The Labute approximate surface area is 477 Å². The SMILES string of the molecule is Cc1ccc2c(C)cc(N(c3ccc4ccccc4c3)c3ccc4c(-c5cccc6ccccc56)c5cc(N(C6=CC7C=CC=CC7C=C6)c6ccc7ccccc7c6)ccc5c(-c5cc6ccccc6c6ccccc56)c4c3)cc2c1. The van der Waals surface area contributed by atoms with Crippen LogP contribution in [0.15, 0.2) is 297 Å². The summed E-state index contributed by atoms with van der Waals surface area (Å²) < 4.78 is 0. The zero-order valence-electron chi connectivity index (χ0n) is 45.8. The predicted octanol–water partition coefficient (Wildman–Crippen LogP) is 22.3. The van der Waals surface area contributed by atoms with Crippen molar-refractivity contribution in [2.45, 2.75) is 13.8 Å². The molecular weight excluding hydrogens is 989 g/mol. The van der Waals surface area contributed by atoms with Crippen molar-refractivity contribution in [3.8, 4) is 22.3 Å². The van der Waals surface area contributed by atoms with Crippen molar-refractivity contribution >= 4 is 115 Å². The van der Waals surface area contributed by atoms with Crippen molar-refractivity contribution in [2.75, 3.05) is 9.80 Å². The Balaban J connectivity index is 1.04. The second kappa shape index (κ2) is 19.2. The zero-order valence-corrected chi connectivity index (χ0v) is 45.8. The smallest absolute Gasteiger partial charge is 0.0470 e. The molecule has 0 fully saturated rings. The van der Waals surface area contributed by atoms with Crippen LogP contribution in [0.3, 0.4) is 0 Å². The molecule has 0 aromatic heterocycles. The Bertz CT molecular complexity index is 5100. The Morgan fingerprint density at radius 2 is 0.805 bits per heavy atom. The lowest BCUT2D eigenvalue weighted by molar-refractivity contribution is 0.652. The van der Waals surface area contributed by atoms with Gasteiger partial charge in [0.15, 0.2) is 0 Å². The van der Waals surface area contributed by atoms with Crippen LogP contribution in [0, 0.1) is 25.7 Å². The normalized spacial score (nSPS) is 14.9. The highest BCUT2D eigenvalue weighted by molar-refractivity contribution is 6.28. The lowest BCUT2D eigenvalue weighted by Crippen LogP contribution is -2.21. The Kier molecular flexibility index (Phi) is 11.2. The largest absolute Gasteiger partial charge is 0.311 e. The van der Waals surface area contributed by atoms with Crippen molar-refractivity contribution < 1.29 is 0 Å². The fourth-order valence-electron chi connectivity index (χ4n) is 13.7. The number of aryl methyl sites for hydroxylation is 2. The average molecular weight is 1050 g/mol. The molecule has 14 aromatic carbocycles. The highest BCUT2D eigenvalue weighted by Crippen LogP contribution is 2.52. The molecule has 14 aromatic rings. The third-order valence-electron chi connectivity index (χ3n) is 17.6. The first-order valence-corrected chi connectivity index (χ1v) is 28.7. The molecule has 386 valence electrons. The van der Waals surface area contributed by atoms with Gasteiger partial charge in [0, 0.05) is 46.0 Å². The molecule has 0 radical (unpaired) electrons. The number of hydrogen-bond donors (Lipinski definition) is 0. The lowest BCUT2D eigenvalue weighted by Gasteiger charge is -2.32. The monoisotopic (exact) mass is 1040 g/mol. The van der Waals surface area contributed by atoms with Crippen LogP contribution in [0.25, 0.3) is 108 Å².